The van der Waals surface area contributed by atoms with Crippen molar-refractivity contribution in [2.45, 2.75) is 6.92 Å². The van der Waals surface area contributed by atoms with E-state index in [-0.39, 0.29) is 0 Å². The number of rotatable bonds is 2. The summed E-state index contributed by atoms with van der Waals surface area (Å²) in [6.07, 6.45) is 0. The number of fused-ring (bicyclic) bond motifs is 1. The van der Waals surface area contributed by atoms with Crippen LogP contribution in [0.15, 0.2) is 36.4 Å². The molecule has 2 aromatic carbocycles. The first-order chi connectivity index (χ1) is 10.1. The summed E-state index contributed by atoms with van der Waals surface area (Å²) in [4.78, 5) is 6.49. The predicted octanol–water partition coefficient (Wildman–Crippen LogP) is 3.83. The third-order valence-corrected chi connectivity index (χ3v) is 4.30. The maximum absolute atomic E-state index is 9.01. The molecule has 0 amide bonds. The van der Waals surface area contributed by atoms with E-state index >= 15 is 0 Å². The van der Waals surface area contributed by atoms with Gasteiger partial charge in [0.15, 0.2) is 0 Å². The average molecular weight is 294 g/mol. The summed E-state index contributed by atoms with van der Waals surface area (Å²) in [5.74, 6) is 0. The monoisotopic (exact) mass is 294 g/mol. The number of benzene rings is 2. The molecule has 0 aliphatic heterocycles. The Labute approximate surface area is 127 Å². The molecule has 104 valence electrons. The van der Waals surface area contributed by atoms with Crippen molar-refractivity contribution in [3.63, 3.8) is 0 Å². The van der Waals surface area contributed by atoms with Crippen molar-refractivity contribution < 1.29 is 0 Å². The highest BCUT2D eigenvalue weighted by atomic mass is 32.1. The molecule has 21 heavy (non-hydrogen) atoms. The smallest absolute Gasteiger partial charge is 0.0992 e. The number of nitriles is 1. The largest absolute Gasteiger partial charge is 0.397 e. The van der Waals surface area contributed by atoms with Gasteiger partial charge in [-0.25, -0.2) is 4.98 Å². The topological polar surface area (TPSA) is 65.9 Å². The van der Waals surface area contributed by atoms with Crippen molar-refractivity contribution in [3.05, 3.63) is 47.0 Å². The molecule has 1 aromatic heterocycles. The first-order valence-electron chi connectivity index (χ1n) is 6.49. The molecule has 0 saturated heterocycles. The highest BCUT2D eigenvalue weighted by molar-refractivity contribution is 7.18. The summed E-state index contributed by atoms with van der Waals surface area (Å²) < 4.78 is 1.09. The van der Waals surface area contributed by atoms with Crippen LogP contribution in [-0.2, 0) is 0 Å². The van der Waals surface area contributed by atoms with Crippen LogP contribution in [0, 0.1) is 18.3 Å². The molecule has 3 aromatic rings. The summed E-state index contributed by atoms with van der Waals surface area (Å²) in [5.41, 5.74) is 10.3. The molecule has 3 rings (SSSR count). The molecular formula is C16H14N4S. The Morgan fingerprint density at radius 2 is 2.10 bits per heavy atom. The Morgan fingerprint density at radius 3 is 2.86 bits per heavy atom. The summed E-state index contributed by atoms with van der Waals surface area (Å²) in [7, 11) is 1.94. The Balaban J connectivity index is 2.10. The lowest BCUT2D eigenvalue weighted by Gasteiger charge is -2.21. The number of nitrogens with zero attached hydrogens (tertiary/aromatic N) is 3. The second-order valence-electron chi connectivity index (χ2n) is 4.83. The number of nitrogens with two attached hydrogens (primary N) is 1. The summed E-state index contributed by atoms with van der Waals surface area (Å²) in [5, 5.41) is 10.0. The lowest BCUT2D eigenvalue weighted by molar-refractivity contribution is 1.21. The molecule has 5 heteroatoms. The van der Waals surface area contributed by atoms with E-state index in [1.54, 1.807) is 17.4 Å². The van der Waals surface area contributed by atoms with E-state index in [0.29, 0.717) is 11.3 Å². The fourth-order valence-corrected chi connectivity index (χ4v) is 3.16. The van der Waals surface area contributed by atoms with E-state index < -0.39 is 0 Å². The zero-order chi connectivity index (χ0) is 15.0. The predicted molar refractivity (Wildman–Crippen MR) is 88.0 cm³/mol. The number of aromatic nitrogens is 1. The van der Waals surface area contributed by atoms with Crippen LogP contribution in [-0.4, -0.2) is 12.0 Å². The summed E-state index contributed by atoms with van der Waals surface area (Å²) in [6, 6.07) is 13.6. The van der Waals surface area contributed by atoms with Crippen LogP contribution in [0.5, 0.6) is 0 Å². The SMILES string of the molecule is Cc1nc2cc(N(C)c3cccc(C#N)c3)c(N)cc2s1. The van der Waals surface area contributed by atoms with Gasteiger partial charge in [0.2, 0.25) is 0 Å². The molecule has 0 bridgehead atoms. The Morgan fingerprint density at radius 1 is 1.29 bits per heavy atom. The van der Waals surface area contributed by atoms with Gasteiger partial charge in [0.05, 0.1) is 38.2 Å². The molecule has 0 radical (unpaired) electrons. The lowest BCUT2D eigenvalue weighted by atomic mass is 10.1. The highest BCUT2D eigenvalue weighted by Crippen LogP contribution is 2.34. The van der Waals surface area contributed by atoms with E-state index in [2.05, 4.69) is 11.1 Å². The molecule has 0 saturated carbocycles. The number of anilines is 3. The lowest BCUT2D eigenvalue weighted by Crippen LogP contribution is -2.11. The van der Waals surface area contributed by atoms with E-state index in [9.17, 15) is 0 Å². The first kappa shape index (κ1) is 13.4. The van der Waals surface area contributed by atoms with Gasteiger partial charge in [0.25, 0.3) is 0 Å². The third kappa shape index (κ3) is 2.41. The Hall–Kier alpha value is -2.58. The maximum atomic E-state index is 9.01. The Kier molecular flexibility index (Phi) is 3.24. The third-order valence-electron chi connectivity index (χ3n) is 3.37. The van der Waals surface area contributed by atoms with Gasteiger partial charge in [-0.3, -0.25) is 0 Å². The maximum Gasteiger partial charge on any atom is 0.0992 e. The Bertz CT molecular complexity index is 860. The number of nitrogen functional groups attached to an aromatic ring is 1. The van der Waals surface area contributed by atoms with Gasteiger partial charge in [0, 0.05) is 12.7 Å². The van der Waals surface area contributed by atoms with Gasteiger partial charge in [-0.15, -0.1) is 11.3 Å². The van der Waals surface area contributed by atoms with Gasteiger partial charge >= 0.3 is 0 Å². The molecule has 0 unspecified atom stereocenters. The minimum Gasteiger partial charge on any atom is -0.397 e. The van der Waals surface area contributed by atoms with Crippen LogP contribution in [0.2, 0.25) is 0 Å². The standard InChI is InChI=1S/C16H14N4S/c1-10-19-14-8-15(13(18)7-16(14)21-10)20(2)12-5-3-4-11(6-12)9-17/h3-8H,18H2,1-2H3. The zero-order valence-corrected chi connectivity index (χ0v) is 12.6. The summed E-state index contributed by atoms with van der Waals surface area (Å²) in [6.45, 7) is 1.99. The molecular weight excluding hydrogens is 280 g/mol. The van der Waals surface area contributed by atoms with Crippen molar-refractivity contribution in [3.8, 4) is 6.07 Å². The van der Waals surface area contributed by atoms with Gasteiger partial charge in [-0.05, 0) is 37.3 Å². The minimum atomic E-state index is 0.628. The number of thiazole rings is 1. The first-order valence-corrected chi connectivity index (χ1v) is 7.30. The number of hydrogen-bond acceptors (Lipinski definition) is 5. The molecule has 0 atom stereocenters. The van der Waals surface area contributed by atoms with Crippen LogP contribution in [0.3, 0.4) is 0 Å². The van der Waals surface area contributed by atoms with Crippen molar-refractivity contribution in [1.29, 1.82) is 5.26 Å². The minimum absolute atomic E-state index is 0.628. The second-order valence-corrected chi connectivity index (χ2v) is 6.07. The van der Waals surface area contributed by atoms with E-state index in [1.165, 1.54) is 0 Å². The molecule has 0 fully saturated rings. The van der Waals surface area contributed by atoms with Crippen molar-refractivity contribution in [2.75, 3.05) is 17.7 Å². The fourth-order valence-electron chi connectivity index (χ4n) is 2.31. The van der Waals surface area contributed by atoms with Crippen molar-refractivity contribution >= 4 is 38.6 Å². The molecule has 4 nitrogen and oxygen atoms in total. The van der Waals surface area contributed by atoms with Gasteiger partial charge < -0.3 is 10.6 Å². The van der Waals surface area contributed by atoms with Crippen molar-refractivity contribution in [1.82, 2.24) is 4.98 Å². The molecule has 0 aliphatic rings. The average Bonchev–Trinajstić information content (AvgIpc) is 2.84. The fraction of sp³-hybridized carbons (Fsp3) is 0.125. The quantitative estimate of drug-likeness (QED) is 0.729. The highest BCUT2D eigenvalue weighted by Gasteiger charge is 2.11. The van der Waals surface area contributed by atoms with E-state index in [1.807, 2.05) is 49.2 Å². The van der Waals surface area contributed by atoms with E-state index in [4.69, 9.17) is 11.0 Å². The second kappa shape index (κ2) is 5.08. The molecule has 2 N–H and O–H groups in total. The molecule has 0 aliphatic carbocycles. The molecule has 1 heterocycles. The van der Waals surface area contributed by atoms with Crippen LogP contribution in [0.25, 0.3) is 10.2 Å². The zero-order valence-electron chi connectivity index (χ0n) is 11.8. The van der Waals surface area contributed by atoms with Crippen LogP contribution >= 0.6 is 11.3 Å². The van der Waals surface area contributed by atoms with Gasteiger partial charge in [-0.2, -0.15) is 5.26 Å². The summed E-state index contributed by atoms with van der Waals surface area (Å²) >= 11 is 1.64. The van der Waals surface area contributed by atoms with E-state index in [0.717, 1.165) is 26.6 Å². The van der Waals surface area contributed by atoms with Gasteiger partial charge in [0.1, 0.15) is 0 Å². The normalized spacial score (nSPS) is 10.5. The van der Waals surface area contributed by atoms with Gasteiger partial charge in [-0.1, -0.05) is 6.07 Å². The van der Waals surface area contributed by atoms with Crippen LogP contribution in [0.4, 0.5) is 17.1 Å². The molecule has 0 spiro atoms. The number of hydrogen-bond donors (Lipinski definition) is 1. The van der Waals surface area contributed by atoms with Crippen LogP contribution in [0.1, 0.15) is 10.6 Å². The van der Waals surface area contributed by atoms with Crippen LogP contribution < -0.4 is 10.6 Å². The number of aryl methyl sites for hydroxylation is 1. The van der Waals surface area contributed by atoms with Crippen molar-refractivity contribution in [2.24, 2.45) is 0 Å².